The predicted molar refractivity (Wildman–Crippen MR) is 104 cm³/mol. The van der Waals surface area contributed by atoms with Gasteiger partial charge in [-0.2, -0.15) is 0 Å². The molecule has 0 bridgehead atoms. The maximum absolute atomic E-state index is 12.3. The van der Waals surface area contributed by atoms with Crippen LogP contribution in [0.1, 0.15) is 18.4 Å². The first kappa shape index (κ1) is 19.0. The van der Waals surface area contributed by atoms with Gasteiger partial charge in [-0.05, 0) is 42.7 Å². The highest BCUT2D eigenvalue weighted by atomic mass is 16.5. The number of aromatic nitrogens is 1. The monoisotopic (exact) mass is 371 g/mol. The molecule has 27 heavy (non-hydrogen) atoms. The lowest BCUT2D eigenvalue weighted by atomic mass is 10.1. The van der Waals surface area contributed by atoms with E-state index in [2.05, 4.69) is 15.6 Å². The number of nitrogens with one attached hydrogen (secondary N) is 2. The molecule has 1 fully saturated rings. The van der Waals surface area contributed by atoms with Gasteiger partial charge in [-0.15, -0.1) is 0 Å². The molecule has 0 aliphatic carbocycles. The molecule has 2 heterocycles. The molecule has 1 aliphatic heterocycles. The molecule has 1 aliphatic rings. The van der Waals surface area contributed by atoms with Gasteiger partial charge in [-0.3, -0.25) is 4.79 Å². The molecule has 1 aromatic carbocycles. The molecule has 0 radical (unpaired) electrons. The number of methoxy groups -OCH3 is 2. The number of benzene rings is 1. The lowest BCUT2D eigenvalue weighted by Crippen LogP contribution is -2.18. The van der Waals surface area contributed by atoms with Crippen LogP contribution in [0.25, 0.3) is 0 Å². The lowest BCUT2D eigenvalue weighted by molar-refractivity contribution is -0.115. The standard InChI is InChI=1S/C20H25N3O4/c1-25-17-7-5-14(10-18(17)26-2)11-20(24)23-19-8-6-15(12-22-19)21-13-16-4-3-9-27-16/h5-8,10,12,16,21H,3-4,9,11,13H2,1-2H3,(H,22,23,24). The van der Waals surface area contributed by atoms with Crippen LogP contribution in [-0.4, -0.2) is 44.4 Å². The van der Waals surface area contributed by atoms with Crippen molar-refractivity contribution in [3.8, 4) is 11.5 Å². The molecule has 1 saturated heterocycles. The molecule has 7 nitrogen and oxygen atoms in total. The Bertz CT molecular complexity index is 758. The second-order valence-corrected chi connectivity index (χ2v) is 6.36. The van der Waals surface area contributed by atoms with Gasteiger partial charge in [0.15, 0.2) is 11.5 Å². The van der Waals surface area contributed by atoms with E-state index in [4.69, 9.17) is 14.2 Å². The van der Waals surface area contributed by atoms with Gasteiger partial charge in [-0.1, -0.05) is 6.07 Å². The number of carbonyl (C=O) groups is 1. The molecule has 2 aromatic rings. The molecule has 7 heteroatoms. The van der Waals surface area contributed by atoms with Crippen molar-refractivity contribution in [2.45, 2.75) is 25.4 Å². The van der Waals surface area contributed by atoms with Crippen LogP contribution in [0.4, 0.5) is 11.5 Å². The Labute approximate surface area is 159 Å². The predicted octanol–water partition coefficient (Wildman–Crippen LogP) is 2.87. The highest BCUT2D eigenvalue weighted by molar-refractivity contribution is 5.91. The smallest absolute Gasteiger partial charge is 0.229 e. The van der Waals surface area contributed by atoms with Gasteiger partial charge < -0.3 is 24.8 Å². The lowest BCUT2D eigenvalue weighted by Gasteiger charge is -2.12. The summed E-state index contributed by atoms with van der Waals surface area (Å²) in [5.41, 5.74) is 1.74. The third kappa shape index (κ3) is 5.34. The Hall–Kier alpha value is -2.80. The quantitative estimate of drug-likeness (QED) is 0.743. The fourth-order valence-corrected chi connectivity index (χ4v) is 2.97. The van der Waals surface area contributed by atoms with E-state index in [-0.39, 0.29) is 18.4 Å². The normalized spacial score (nSPS) is 16.0. The Morgan fingerprint density at radius 1 is 1.22 bits per heavy atom. The number of hydrogen-bond donors (Lipinski definition) is 2. The molecule has 0 spiro atoms. The van der Waals surface area contributed by atoms with E-state index < -0.39 is 0 Å². The van der Waals surface area contributed by atoms with E-state index in [0.717, 1.165) is 37.2 Å². The van der Waals surface area contributed by atoms with E-state index in [0.29, 0.717) is 17.3 Å². The summed E-state index contributed by atoms with van der Waals surface area (Å²) >= 11 is 0. The summed E-state index contributed by atoms with van der Waals surface area (Å²) < 4.78 is 16.1. The Balaban J connectivity index is 1.51. The summed E-state index contributed by atoms with van der Waals surface area (Å²) in [6, 6.07) is 9.10. The van der Waals surface area contributed by atoms with Crippen LogP contribution < -0.4 is 20.1 Å². The summed E-state index contributed by atoms with van der Waals surface area (Å²) in [5, 5.41) is 6.11. The molecule has 144 valence electrons. The molecule has 1 unspecified atom stereocenters. The molecule has 2 N–H and O–H groups in total. The molecule has 1 aromatic heterocycles. The number of anilines is 2. The first-order chi connectivity index (χ1) is 13.2. The minimum atomic E-state index is -0.144. The van der Waals surface area contributed by atoms with Gasteiger partial charge in [0.2, 0.25) is 5.91 Å². The summed E-state index contributed by atoms with van der Waals surface area (Å²) in [6.45, 7) is 1.61. The molecule has 0 saturated carbocycles. The number of nitrogens with zero attached hydrogens (tertiary/aromatic N) is 1. The second-order valence-electron chi connectivity index (χ2n) is 6.36. The van der Waals surface area contributed by atoms with Gasteiger partial charge >= 0.3 is 0 Å². The zero-order chi connectivity index (χ0) is 19.1. The minimum Gasteiger partial charge on any atom is -0.493 e. The number of amides is 1. The summed E-state index contributed by atoms with van der Waals surface area (Å²) in [7, 11) is 3.15. The highest BCUT2D eigenvalue weighted by Gasteiger charge is 2.15. The van der Waals surface area contributed by atoms with Gasteiger partial charge in [0.05, 0.1) is 38.6 Å². The van der Waals surface area contributed by atoms with Crippen LogP contribution in [0.3, 0.4) is 0 Å². The minimum absolute atomic E-state index is 0.144. The molecule has 1 atom stereocenters. The van der Waals surface area contributed by atoms with E-state index >= 15 is 0 Å². The highest BCUT2D eigenvalue weighted by Crippen LogP contribution is 2.27. The zero-order valence-corrected chi connectivity index (χ0v) is 15.7. The average molecular weight is 371 g/mol. The van der Waals surface area contributed by atoms with Crippen LogP contribution in [0, 0.1) is 0 Å². The van der Waals surface area contributed by atoms with Crippen molar-refractivity contribution in [3.05, 3.63) is 42.1 Å². The zero-order valence-electron chi connectivity index (χ0n) is 15.7. The maximum Gasteiger partial charge on any atom is 0.229 e. The first-order valence-corrected chi connectivity index (χ1v) is 9.00. The Morgan fingerprint density at radius 3 is 2.74 bits per heavy atom. The Morgan fingerprint density at radius 2 is 2.07 bits per heavy atom. The summed E-state index contributed by atoms with van der Waals surface area (Å²) in [5.74, 6) is 1.61. The van der Waals surface area contributed by atoms with Crippen molar-refractivity contribution >= 4 is 17.4 Å². The van der Waals surface area contributed by atoms with E-state index in [9.17, 15) is 4.79 Å². The third-order valence-electron chi connectivity index (χ3n) is 4.40. The summed E-state index contributed by atoms with van der Waals surface area (Å²) in [4.78, 5) is 16.6. The van der Waals surface area contributed by atoms with Crippen LogP contribution in [0.15, 0.2) is 36.5 Å². The number of carbonyl (C=O) groups excluding carboxylic acids is 1. The molecule has 1 amide bonds. The largest absolute Gasteiger partial charge is 0.493 e. The number of ether oxygens (including phenoxy) is 3. The van der Waals surface area contributed by atoms with Crippen LogP contribution in [0.2, 0.25) is 0 Å². The summed E-state index contributed by atoms with van der Waals surface area (Å²) in [6.07, 6.45) is 4.41. The fourth-order valence-electron chi connectivity index (χ4n) is 2.97. The Kier molecular flexibility index (Phi) is 6.49. The van der Waals surface area contributed by atoms with Crippen LogP contribution >= 0.6 is 0 Å². The van der Waals surface area contributed by atoms with Crippen molar-refractivity contribution in [3.63, 3.8) is 0 Å². The average Bonchev–Trinajstić information content (AvgIpc) is 3.21. The van der Waals surface area contributed by atoms with Crippen LogP contribution in [-0.2, 0) is 16.0 Å². The fraction of sp³-hybridized carbons (Fsp3) is 0.400. The second kappa shape index (κ2) is 9.23. The van der Waals surface area contributed by atoms with E-state index in [1.165, 1.54) is 0 Å². The van der Waals surface area contributed by atoms with Crippen molar-refractivity contribution in [2.75, 3.05) is 38.0 Å². The van der Waals surface area contributed by atoms with Gasteiger partial charge in [0.1, 0.15) is 5.82 Å². The number of pyridine rings is 1. The third-order valence-corrected chi connectivity index (χ3v) is 4.40. The first-order valence-electron chi connectivity index (χ1n) is 9.00. The number of rotatable bonds is 8. The van der Waals surface area contributed by atoms with E-state index in [1.807, 2.05) is 12.1 Å². The number of hydrogen-bond acceptors (Lipinski definition) is 6. The topological polar surface area (TPSA) is 81.7 Å². The molecular formula is C20H25N3O4. The van der Waals surface area contributed by atoms with Crippen molar-refractivity contribution < 1.29 is 19.0 Å². The van der Waals surface area contributed by atoms with Crippen molar-refractivity contribution in [2.24, 2.45) is 0 Å². The van der Waals surface area contributed by atoms with E-state index in [1.54, 1.807) is 38.6 Å². The molecular weight excluding hydrogens is 346 g/mol. The van der Waals surface area contributed by atoms with Gasteiger partial charge in [-0.25, -0.2) is 4.98 Å². The van der Waals surface area contributed by atoms with Crippen molar-refractivity contribution in [1.29, 1.82) is 0 Å². The van der Waals surface area contributed by atoms with Crippen LogP contribution in [0.5, 0.6) is 11.5 Å². The SMILES string of the molecule is COc1ccc(CC(=O)Nc2ccc(NCC3CCCO3)cn2)cc1OC. The molecule has 3 rings (SSSR count). The maximum atomic E-state index is 12.3. The van der Waals surface area contributed by atoms with Gasteiger partial charge in [0.25, 0.3) is 0 Å². The van der Waals surface area contributed by atoms with Crippen molar-refractivity contribution in [1.82, 2.24) is 4.98 Å². The van der Waals surface area contributed by atoms with Gasteiger partial charge in [0, 0.05) is 13.2 Å².